The summed E-state index contributed by atoms with van der Waals surface area (Å²) in [5.41, 5.74) is 3.27. The summed E-state index contributed by atoms with van der Waals surface area (Å²) >= 11 is 0. The lowest BCUT2D eigenvalue weighted by Gasteiger charge is -2.29. The molecule has 0 atom stereocenters. The van der Waals surface area contributed by atoms with E-state index in [2.05, 4.69) is 31.2 Å². The number of anilines is 1. The van der Waals surface area contributed by atoms with Crippen LogP contribution < -0.4 is 11.3 Å². The van der Waals surface area contributed by atoms with Crippen molar-refractivity contribution in [3.8, 4) is 0 Å². The van der Waals surface area contributed by atoms with Gasteiger partial charge in [-0.3, -0.25) is 0 Å². The van der Waals surface area contributed by atoms with Crippen LogP contribution in [-0.4, -0.2) is 16.6 Å². The molecule has 1 aliphatic carbocycles. The number of nitrogen functional groups attached to an aromatic ring is 1. The van der Waals surface area contributed by atoms with E-state index in [9.17, 15) is 0 Å². The maximum Gasteiger partial charge on any atom is 0.162 e. The monoisotopic (exact) mass is 278 g/mol. The zero-order valence-electron chi connectivity index (χ0n) is 13.0. The molecule has 20 heavy (non-hydrogen) atoms. The van der Waals surface area contributed by atoms with Gasteiger partial charge in [-0.05, 0) is 32.6 Å². The normalized spacial score (nSPS) is 18.2. The molecule has 2 rings (SSSR count). The molecule has 1 fully saturated rings. The van der Waals surface area contributed by atoms with Crippen LogP contribution in [0.15, 0.2) is 6.07 Å². The van der Waals surface area contributed by atoms with Crippen molar-refractivity contribution < 1.29 is 4.74 Å². The molecule has 0 saturated heterocycles. The SMILES string of the molecule is CCOC1(c2nc(NN)cc(C(C)(C)C)n2)CCCC1. The third kappa shape index (κ3) is 2.94. The van der Waals surface area contributed by atoms with E-state index >= 15 is 0 Å². The van der Waals surface area contributed by atoms with Gasteiger partial charge in [-0.1, -0.05) is 20.8 Å². The largest absolute Gasteiger partial charge is 0.367 e. The van der Waals surface area contributed by atoms with E-state index < -0.39 is 0 Å². The Morgan fingerprint density at radius 1 is 1.30 bits per heavy atom. The zero-order valence-corrected chi connectivity index (χ0v) is 13.0. The standard InChI is InChI=1S/C15H26N4O/c1-5-20-15(8-6-7-9-15)13-17-11(14(2,3)4)10-12(18-13)19-16/h10H,5-9,16H2,1-4H3,(H,17,18,19). The molecule has 0 aliphatic heterocycles. The van der Waals surface area contributed by atoms with Crippen LogP contribution in [0.3, 0.4) is 0 Å². The summed E-state index contributed by atoms with van der Waals surface area (Å²) in [6.45, 7) is 9.12. The summed E-state index contributed by atoms with van der Waals surface area (Å²) in [5, 5.41) is 0. The van der Waals surface area contributed by atoms with Crippen LogP contribution >= 0.6 is 0 Å². The van der Waals surface area contributed by atoms with Crippen molar-refractivity contribution in [1.82, 2.24) is 9.97 Å². The van der Waals surface area contributed by atoms with Crippen molar-refractivity contribution in [2.45, 2.75) is 64.4 Å². The maximum atomic E-state index is 6.05. The highest BCUT2D eigenvalue weighted by Gasteiger charge is 2.40. The first-order chi connectivity index (χ1) is 9.41. The summed E-state index contributed by atoms with van der Waals surface area (Å²) < 4.78 is 6.05. The highest BCUT2D eigenvalue weighted by molar-refractivity contribution is 5.37. The van der Waals surface area contributed by atoms with Gasteiger partial charge in [0.1, 0.15) is 11.4 Å². The lowest BCUT2D eigenvalue weighted by atomic mass is 9.91. The van der Waals surface area contributed by atoms with Crippen LogP contribution in [-0.2, 0) is 15.8 Å². The summed E-state index contributed by atoms with van der Waals surface area (Å²) in [6.07, 6.45) is 4.29. The molecule has 1 aliphatic rings. The highest BCUT2D eigenvalue weighted by atomic mass is 16.5. The molecule has 0 amide bonds. The van der Waals surface area contributed by atoms with Crippen molar-refractivity contribution >= 4 is 5.82 Å². The number of aromatic nitrogens is 2. The van der Waals surface area contributed by atoms with E-state index in [1.807, 2.05) is 13.0 Å². The van der Waals surface area contributed by atoms with E-state index in [0.717, 1.165) is 37.2 Å². The summed E-state index contributed by atoms with van der Waals surface area (Å²) in [6, 6.07) is 1.91. The van der Waals surface area contributed by atoms with Crippen LogP contribution in [0, 0.1) is 0 Å². The minimum atomic E-state index is -0.332. The van der Waals surface area contributed by atoms with E-state index in [-0.39, 0.29) is 11.0 Å². The zero-order chi connectivity index (χ0) is 14.8. The Bertz CT molecular complexity index is 461. The van der Waals surface area contributed by atoms with Gasteiger partial charge in [0.25, 0.3) is 0 Å². The van der Waals surface area contributed by atoms with Crippen LogP contribution in [0.1, 0.15) is 64.9 Å². The number of rotatable bonds is 4. The van der Waals surface area contributed by atoms with Gasteiger partial charge in [0.05, 0.1) is 5.69 Å². The molecule has 0 bridgehead atoms. The van der Waals surface area contributed by atoms with Crippen LogP contribution in [0.4, 0.5) is 5.82 Å². The Balaban J connectivity index is 2.49. The molecule has 112 valence electrons. The van der Waals surface area contributed by atoms with E-state index in [1.165, 1.54) is 0 Å². The third-order valence-electron chi connectivity index (χ3n) is 3.88. The van der Waals surface area contributed by atoms with E-state index in [4.69, 9.17) is 15.6 Å². The van der Waals surface area contributed by atoms with Gasteiger partial charge in [-0.25, -0.2) is 15.8 Å². The van der Waals surface area contributed by atoms with Crippen LogP contribution in [0.2, 0.25) is 0 Å². The molecular formula is C15H26N4O. The smallest absolute Gasteiger partial charge is 0.162 e. The molecular weight excluding hydrogens is 252 g/mol. The molecule has 5 heteroatoms. The van der Waals surface area contributed by atoms with E-state index in [0.29, 0.717) is 12.4 Å². The highest BCUT2D eigenvalue weighted by Crippen LogP contribution is 2.41. The fourth-order valence-corrected chi connectivity index (χ4v) is 2.76. The summed E-state index contributed by atoms with van der Waals surface area (Å²) in [7, 11) is 0. The number of nitrogens with two attached hydrogens (primary N) is 1. The van der Waals surface area contributed by atoms with Gasteiger partial charge in [-0.15, -0.1) is 0 Å². The number of nitrogens with one attached hydrogen (secondary N) is 1. The lowest BCUT2D eigenvalue weighted by molar-refractivity contribution is -0.0458. The molecule has 0 radical (unpaired) electrons. The molecule has 3 N–H and O–H groups in total. The lowest BCUT2D eigenvalue weighted by Crippen LogP contribution is -2.31. The Hall–Kier alpha value is -1.20. The van der Waals surface area contributed by atoms with Gasteiger partial charge < -0.3 is 10.2 Å². The number of nitrogens with zero attached hydrogens (tertiary/aromatic N) is 2. The Morgan fingerprint density at radius 3 is 2.45 bits per heavy atom. The Morgan fingerprint density at radius 2 is 1.95 bits per heavy atom. The molecule has 1 saturated carbocycles. The van der Waals surface area contributed by atoms with Gasteiger partial charge in [0, 0.05) is 18.1 Å². The fraction of sp³-hybridized carbons (Fsp3) is 0.733. The molecule has 0 spiro atoms. The predicted octanol–water partition coefficient (Wildman–Crippen LogP) is 2.87. The number of ether oxygens (including phenoxy) is 1. The van der Waals surface area contributed by atoms with E-state index in [1.54, 1.807) is 0 Å². The van der Waals surface area contributed by atoms with Gasteiger partial charge in [0.2, 0.25) is 0 Å². The molecule has 1 aromatic heterocycles. The molecule has 0 aromatic carbocycles. The minimum Gasteiger partial charge on any atom is -0.367 e. The summed E-state index contributed by atoms with van der Waals surface area (Å²) in [4.78, 5) is 9.36. The second kappa shape index (κ2) is 5.66. The van der Waals surface area contributed by atoms with Gasteiger partial charge in [0.15, 0.2) is 5.82 Å². The van der Waals surface area contributed by atoms with Crippen LogP contribution in [0.5, 0.6) is 0 Å². The molecule has 0 unspecified atom stereocenters. The van der Waals surface area contributed by atoms with Gasteiger partial charge >= 0.3 is 0 Å². The molecule has 1 heterocycles. The van der Waals surface area contributed by atoms with Crippen LogP contribution in [0.25, 0.3) is 0 Å². The van der Waals surface area contributed by atoms with Crippen molar-refractivity contribution in [3.63, 3.8) is 0 Å². The first kappa shape index (κ1) is 15.2. The first-order valence-electron chi connectivity index (χ1n) is 7.42. The second-order valence-corrected chi connectivity index (χ2v) is 6.49. The predicted molar refractivity (Wildman–Crippen MR) is 80.3 cm³/mol. The average molecular weight is 278 g/mol. The average Bonchev–Trinajstić information content (AvgIpc) is 2.87. The van der Waals surface area contributed by atoms with Crippen molar-refractivity contribution in [2.24, 2.45) is 5.84 Å². The Kier molecular flexibility index (Phi) is 4.30. The maximum absolute atomic E-state index is 6.05. The summed E-state index contributed by atoms with van der Waals surface area (Å²) in [5.74, 6) is 7.00. The number of hydrazine groups is 1. The molecule has 5 nitrogen and oxygen atoms in total. The quantitative estimate of drug-likeness (QED) is 0.654. The van der Waals surface area contributed by atoms with Crippen molar-refractivity contribution in [1.29, 1.82) is 0 Å². The second-order valence-electron chi connectivity index (χ2n) is 6.49. The van der Waals surface area contributed by atoms with Crippen molar-refractivity contribution in [3.05, 3.63) is 17.6 Å². The van der Waals surface area contributed by atoms with Crippen molar-refractivity contribution in [2.75, 3.05) is 12.0 Å². The topological polar surface area (TPSA) is 73.1 Å². The minimum absolute atomic E-state index is 0.0463. The molecule has 1 aromatic rings. The number of hydrogen-bond acceptors (Lipinski definition) is 5. The number of hydrogen-bond donors (Lipinski definition) is 2. The Labute approximate surface area is 121 Å². The first-order valence-corrected chi connectivity index (χ1v) is 7.42. The van der Waals surface area contributed by atoms with Gasteiger partial charge in [-0.2, -0.15) is 0 Å². The fourth-order valence-electron chi connectivity index (χ4n) is 2.76. The third-order valence-corrected chi connectivity index (χ3v) is 3.88.